The molecule has 0 bridgehead atoms. The SMILES string of the molecule is COC(=O)CCNc1cc(NC2CCC2)nc(C)n1. The van der Waals surface area contributed by atoms with Gasteiger partial charge in [-0.15, -0.1) is 0 Å². The molecule has 0 aromatic carbocycles. The van der Waals surface area contributed by atoms with E-state index < -0.39 is 0 Å². The van der Waals surface area contributed by atoms with Gasteiger partial charge in [-0.05, 0) is 26.2 Å². The summed E-state index contributed by atoms with van der Waals surface area (Å²) in [5, 5.41) is 6.50. The Morgan fingerprint density at radius 2 is 2.16 bits per heavy atom. The van der Waals surface area contributed by atoms with Crippen LogP contribution in [-0.2, 0) is 9.53 Å². The lowest BCUT2D eigenvalue weighted by Crippen LogP contribution is -2.27. The largest absolute Gasteiger partial charge is 0.469 e. The highest BCUT2D eigenvalue weighted by molar-refractivity contribution is 5.69. The Hall–Kier alpha value is -1.85. The van der Waals surface area contributed by atoms with Crippen molar-refractivity contribution < 1.29 is 9.53 Å². The molecule has 1 aliphatic carbocycles. The number of hydrogen-bond donors (Lipinski definition) is 2. The van der Waals surface area contributed by atoms with Crippen molar-refractivity contribution in [3.8, 4) is 0 Å². The molecule has 104 valence electrons. The molecule has 6 nitrogen and oxygen atoms in total. The van der Waals surface area contributed by atoms with Crippen LogP contribution in [0.1, 0.15) is 31.5 Å². The van der Waals surface area contributed by atoms with Gasteiger partial charge in [-0.25, -0.2) is 9.97 Å². The molecular weight excluding hydrogens is 244 g/mol. The third kappa shape index (κ3) is 4.08. The van der Waals surface area contributed by atoms with Crippen LogP contribution >= 0.6 is 0 Å². The molecule has 0 amide bonds. The number of carbonyl (C=O) groups is 1. The molecule has 1 fully saturated rings. The lowest BCUT2D eigenvalue weighted by Gasteiger charge is -2.27. The standard InChI is InChI=1S/C13H20N4O2/c1-9-15-11(14-7-6-13(18)19-2)8-12(16-9)17-10-4-3-5-10/h8,10H,3-7H2,1-2H3,(H2,14,15,16,17). The van der Waals surface area contributed by atoms with Crippen LogP contribution in [0.5, 0.6) is 0 Å². The molecule has 19 heavy (non-hydrogen) atoms. The molecule has 1 heterocycles. The number of ether oxygens (including phenoxy) is 1. The van der Waals surface area contributed by atoms with Crippen molar-refractivity contribution in [1.82, 2.24) is 9.97 Å². The van der Waals surface area contributed by atoms with E-state index in [9.17, 15) is 4.79 Å². The van der Waals surface area contributed by atoms with Crippen molar-refractivity contribution in [1.29, 1.82) is 0 Å². The first-order chi connectivity index (χ1) is 9.17. The Morgan fingerprint density at radius 3 is 2.79 bits per heavy atom. The highest BCUT2D eigenvalue weighted by atomic mass is 16.5. The average Bonchev–Trinajstić information content (AvgIpc) is 2.33. The van der Waals surface area contributed by atoms with Gasteiger partial charge in [0.05, 0.1) is 13.5 Å². The van der Waals surface area contributed by atoms with E-state index in [2.05, 4.69) is 25.3 Å². The molecule has 2 rings (SSSR count). The molecule has 1 aromatic heterocycles. The Balaban J connectivity index is 1.90. The number of methoxy groups -OCH3 is 1. The van der Waals surface area contributed by atoms with Gasteiger partial charge in [0.15, 0.2) is 0 Å². The van der Waals surface area contributed by atoms with E-state index in [1.807, 2.05) is 13.0 Å². The van der Waals surface area contributed by atoms with Crippen molar-refractivity contribution in [2.45, 2.75) is 38.6 Å². The van der Waals surface area contributed by atoms with E-state index in [-0.39, 0.29) is 5.97 Å². The molecular formula is C13H20N4O2. The number of rotatable bonds is 6. The second-order valence-corrected chi connectivity index (χ2v) is 4.71. The minimum Gasteiger partial charge on any atom is -0.469 e. The van der Waals surface area contributed by atoms with Crippen LogP contribution in [0.2, 0.25) is 0 Å². The Kier molecular flexibility index (Phi) is 4.54. The van der Waals surface area contributed by atoms with E-state index in [0.29, 0.717) is 24.8 Å². The van der Waals surface area contributed by atoms with Crippen molar-refractivity contribution in [3.05, 3.63) is 11.9 Å². The lowest BCUT2D eigenvalue weighted by atomic mass is 9.93. The maximum Gasteiger partial charge on any atom is 0.307 e. The van der Waals surface area contributed by atoms with E-state index >= 15 is 0 Å². The number of hydrogen-bond acceptors (Lipinski definition) is 6. The zero-order valence-corrected chi connectivity index (χ0v) is 11.4. The van der Waals surface area contributed by atoms with E-state index in [4.69, 9.17) is 0 Å². The zero-order valence-electron chi connectivity index (χ0n) is 11.4. The molecule has 0 saturated heterocycles. The normalized spacial score (nSPS) is 14.6. The van der Waals surface area contributed by atoms with Crippen LogP contribution in [0.15, 0.2) is 6.07 Å². The van der Waals surface area contributed by atoms with Gasteiger partial charge in [0, 0.05) is 18.7 Å². The predicted molar refractivity (Wildman–Crippen MR) is 73.2 cm³/mol. The first-order valence-corrected chi connectivity index (χ1v) is 6.60. The fourth-order valence-electron chi connectivity index (χ4n) is 1.89. The number of anilines is 2. The maximum atomic E-state index is 11.0. The minimum atomic E-state index is -0.230. The van der Waals surface area contributed by atoms with Gasteiger partial charge in [-0.2, -0.15) is 0 Å². The number of nitrogens with zero attached hydrogens (tertiary/aromatic N) is 2. The van der Waals surface area contributed by atoms with Crippen molar-refractivity contribution in [2.75, 3.05) is 24.3 Å². The number of carbonyl (C=O) groups excluding carboxylic acids is 1. The van der Waals surface area contributed by atoms with E-state index in [0.717, 1.165) is 11.6 Å². The summed E-state index contributed by atoms with van der Waals surface area (Å²) in [6.07, 6.45) is 4.01. The third-order valence-electron chi connectivity index (χ3n) is 3.16. The summed E-state index contributed by atoms with van der Waals surface area (Å²) in [7, 11) is 1.39. The van der Waals surface area contributed by atoms with Gasteiger partial charge in [0.1, 0.15) is 17.5 Å². The van der Waals surface area contributed by atoms with Gasteiger partial charge in [-0.3, -0.25) is 4.79 Å². The minimum absolute atomic E-state index is 0.230. The second-order valence-electron chi connectivity index (χ2n) is 4.71. The first-order valence-electron chi connectivity index (χ1n) is 6.60. The molecule has 1 saturated carbocycles. The molecule has 2 N–H and O–H groups in total. The highest BCUT2D eigenvalue weighted by Gasteiger charge is 2.17. The molecule has 1 aliphatic rings. The van der Waals surface area contributed by atoms with Crippen molar-refractivity contribution in [2.24, 2.45) is 0 Å². The third-order valence-corrected chi connectivity index (χ3v) is 3.16. The Labute approximate surface area is 113 Å². The van der Waals surface area contributed by atoms with Gasteiger partial charge in [-0.1, -0.05) is 0 Å². The average molecular weight is 264 g/mol. The summed E-state index contributed by atoms with van der Waals surface area (Å²) >= 11 is 0. The van der Waals surface area contributed by atoms with Crippen molar-refractivity contribution in [3.63, 3.8) is 0 Å². The lowest BCUT2D eigenvalue weighted by molar-refractivity contribution is -0.140. The highest BCUT2D eigenvalue weighted by Crippen LogP contribution is 2.23. The molecule has 6 heteroatoms. The fraction of sp³-hybridized carbons (Fsp3) is 0.615. The number of nitrogens with one attached hydrogen (secondary N) is 2. The zero-order chi connectivity index (χ0) is 13.7. The van der Waals surface area contributed by atoms with Crippen LogP contribution in [0, 0.1) is 6.92 Å². The smallest absolute Gasteiger partial charge is 0.307 e. The van der Waals surface area contributed by atoms with Crippen LogP contribution < -0.4 is 10.6 Å². The molecule has 0 spiro atoms. The van der Waals surface area contributed by atoms with Crippen LogP contribution in [0.4, 0.5) is 11.6 Å². The summed E-state index contributed by atoms with van der Waals surface area (Å²) in [4.78, 5) is 19.7. The van der Waals surface area contributed by atoms with Crippen molar-refractivity contribution >= 4 is 17.6 Å². The molecule has 0 atom stereocenters. The molecule has 0 radical (unpaired) electrons. The number of aryl methyl sites for hydroxylation is 1. The first kappa shape index (κ1) is 13.6. The van der Waals surface area contributed by atoms with Crippen LogP contribution in [0.25, 0.3) is 0 Å². The van der Waals surface area contributed by atoms with E-state index in [1.54, 1.807) is 0 Å². The topological polar surface area (TPSA) is 76.1 Å². The van der Waals surface area contributed by atoms with Gasteiger partial charge < -0.3 is 15.4 Å². The van der Waals surface area contributed by atoms with Crippen LogP contribution in [0.3, 0.4) is 0 Å². The summed E-state index contributed by atoms with van der Waals surface area (Å²) in [6, 6.07) is 2.42. The van der Waals surface area contributed by atoms with E-state index in [1.165, 1.54) is 26.4 Å². The summed E-state index contributed by atoms with van der Waals surface area (Å²) in [5.74, 6) is 2.06. The Bertz CT molecular complexity index is 446. The van der Waals surface area contributed by atoms with Crippen LogP contribution in [-0.4, -0.2) is 35.6 Å². The Morgan fingerprint density at radius 1 is 1.42 bits per heavy atom. The summed E-state index contributed by atoms with van der Waals surface area (Å²) < 4.78 is 4.59. The quantitative estimate of drug-likeness (QED) is 0.762. The predicted octanol–water partition coefficient (Wildman–Crippen LogP) is 1.72. The fourth-order valence-corrected chi connectivity index (χ4v) is 1.89. The molecule has 0 unspecified atom stereocenters. The maximum absolute atomic E-state index is 11.0. The van der Waals surface area contributed by atoms with Gasteiger partial charge in [0.25, 0.3) is 0 Å². The number of esters is 1. The van der Waals surface area contributed by atoms with Gasteiger partial charge >= 0.3 is 5.97 Å². The second kappa shape index (κ2) is 6.36. The number of aromatic nitrogens is 2. The summed E-state index contributed by atoms with van der Waals surface area (Å²) in [6.45, 7) is 2.36. The molecule has 1 aromatic rings. The molecule has 0 aliphatic heterocycles. The summed E-state index contributed by atoms with van der Waals surface area (Å²) in [5.41, 5.74) is 0. The van der Waals surface area contributed by atoms with Gasteiger partial charge in [0.2, 0.25) is 0 Å². The monoisotopic (exact) mass is 264 g/mol.